The highest BCUT2D eigenvalue weighted by molar-refractivity contribution is 5.79. The Bertz CT molecular complexity index is 345. The van der Waals surface area contributed by atoms with Crippen molar-refractivity contribution in [1.29, 1.82) is 0 Å². The molecule has 0 aromatic rings. The Morgan fingerprint density at radius 3 is 2.58 bits per heavy atom. The summed E-state index contributed by atoms with van der Waals surface area (Å²) in [7, 11) is 1.68. The highest BCUT2D eigenvalue weighted by atomic mass is 16.5. The zero-order chi connectivity index (χ0) is 17.7. The van der Waals surface area contributed by atoms with Gasteiger partial charge in [-0.3, -0.25) is 9.89 Å². The maximum absolute atomic E-state index is 5.47. The van der Waals surface area contributed by atoms with Gasteiger partial charge in [-0.25, -0.2) is 0 Å². The maximum Gasteiger partial charge on any atom is 0.191 e. The van der Waals surface area contributed by atoms with Crippen LogP contribution in [0.15, 0.2) is 4.99 Å². The van der Waals surface area contributed by atoms with Crippen LogP contribution in [0.4, 0.5) is 0 Å². The topological polar surface area (TPSA) is 67.4 Å². The van der Waals surface area contributed by atoms with Gasteiger partial charge in [0.15, 0.2) is 5.96 Å². The summed E-state index contributed by atoms with van der Waals surface area (Å²) in [6.07, 6.45) is 0.945. The van der Waals surface area contributed by atoms with Crippen molar-refractivity contribution < 1.29 is 14.2 Å². The standard InChI is InChI=1S/C17H36N4O3/c1-5-18-16(19-7-6-10-23-14-13-22-4)20-15-17(2,3)21-8-11-24-12-9-21/h5-15H2,1-4H3,(H2,18,19,20). The van der Waals surface area contributed by atoms with E-state index in [0.717, 1.165) is 64.9 Å². The van der Waals surface area contributed by atoms with Crippen molar-refractivity contribution in [3.63, 3.8) is 0 Å². The van der Waals surface area contributed by atoms with Gasteiger partial charge >= 0.3 is 0 Å². The smallest absolute Gasteiger partial charge is 0.191 e. The molecular formula is C17H36N4O3. The van der Waals surface area contributed by atoms with E-state index in [-0.39, 0.29) is 5.54 Å². The Kier molecular flexibility index (Phi) is 11.0. The average Bonchev–Trinajstić information content (AvgIpc) is 2.59. The summed E-state index contributed by atoms with van der Waals surface area (Å²) in [5, 5.41) is 6.68. The monoisotopic (exact) mass is 344 g/mol. The van der Waals surface area contributed by atoms with Crippen molar-refractivity contribution in [1.82, 2.24) is 15.5 Å². The lowest BCUT2D eigenvalue weighted by Crippen LogP contribution is -2.52. The van der Waals surface area contributed by atoms with Gasteiger partial charge < -0.3 is 24.8 Å². The molecule has 0 aromatic heterocycles. The first kappa shape index (κ1) is 21.2. The Balaban J connectivity index is 2.32. The second-order valence-electron chi connectivity index (χ2n) is 6.49. The molecule has 0 aliphatic carbocycles. The minimum Gasteiger partial charge on any atom is -0.382 e. The van der Waals surface area contributed by atoms with Gasteiger partial charge in [0, 0.05) is 45.4 Å². The number of hydrogen-bond donors (Lipinski definition) is 2. The largest absolute Gasteiger partial charge is 0.382 e. The lowest BCUT2D eigenvalue weighted by atomic mass is 10.0. The molecule has 0 unspecified atom stereocenters. The van der Waals surface area contributed by atoms with Gasteiger partial charge in [0.05, 0.1) is 33.0 Å². The summed E-state index contributed by atoms with van der Waals surface area (Å²) < 4.78 is 15.9. The highest BCUT2D eigenvalue weighted by Gasteiger charge is 2.27. The molecule has 0 spiro atoms. The van der Waals surface area contributed by atoms with Gasteiger partial charge in [-0.1, -0.05) is 0 Å². The third-order valence-electron chi connectivity index (χ3n) is 4.03. The van der Waals surface area contributed by atoms with Gasteiger partial charge in [0.2, 0.25) is 0 Å². The molecule has 0 bridgehead atoms. The fourth-order valence-electron chi connectivity index (χ4n) is 2.51. The number of methoxy groups -OCH3 is 1. The molecule has 0 radical (unpaired) electrons. The molecule has 0 atom stereocenters. The van der Waals surface area contributed by atoms with Crippen molar-refractivity contribution in [3.05, 3.63) is 0 Å². The van der Waals surface area contributed by atoms with Gasteiger partial charge in [-0.15, -0.1) is 0 Å². The molecule has 0 saturated carbocycles. The van der Waals surface area contributed by atoms with Crippen molar-refractivity contribution in [2.45, 2.75) is 32.7 Å². The van der Waals surface area contributed by atoms with Crippen molar-refractivity contribution >= 4 is 5.96 Å². The van der Waals surface area contributed by atoms with Crippen molar-refractivity contribution in [2.75, 3.05) is 72.9 Å². The summed E-state index contributed by atoms with van der Waals surface area (Å²) >= 11 is 0. The van der Waals surface area contributed by atoms with E-state index in [1.807, 2.05) is 0 Å². The van der Waals surface area contributed by atoms with Crippen LogP contribution in [0.3, 0.4) is 0 Å². The molecule has 1 saturated heterocycles. The molecule has 1 rings (SSSR count). The molecule has 1 aliphatic rings. The molecule has 1 heterocycles. The predicted molar refractivity (Wildman–Crippen MR) is 97.8 cm³/mol. The second-order valence-corrected chi connectivity index (χ2v) is 6.49. The van der Waals surface area contributed by atoms with E-state index >= 15 is 0 Å². The molecule has 0 aromatic carbocycles. The zero-order valence-corrected chi connectivity index (χ0v) is 15.9. The third-order valence-corrected chi connectivity index (χ3v) is 4.03. The molecule has 0 amide bonds. The van der Waals surface area contributed by atoms with E-state index in [1.165, 1.54) is 0 Å². The number of guanidine groups is 1. The lowest BCUT2D eigenvalue weighted by Gasteiger charge is -2.39. The maximum atomic E-state index is 5.47. The Hall–Kier alpha value is -0.890. The molecule has 142 valence electrons. The van der Waals surface area contributed by atoms with Gasteiger partial charge in [0.1, 0.15) is 0 Å². The van der Waals surface area contributed by atoms with E-state index in [2.05, 4.69) is 36.3 Å². The normalized spacial score (nSPS) is 17.1. The summed E-state index contributed by atoms with van der Waals surface area (Å²) in [6, 6.07) is 0. The van der Waals surface area contributed by atoms with Crippen LogP contribution in [-0.2, 0) is 14.2 Å². The minimum atomic E-state index is 0.0371. The molecular weight excluding hydrogens is 308 g/mol. The first-order chi connectivity index (χ1) is 11.6. The van der Waals surface area contributed by atoms with Crippen LogP contribution in [0, 0.1) is 0 Å². The number of rotatable bonds is 11. The predicted octanol–water partition coefficient (Wildman–Crippen LogP) is 0.705. The number of hydrogen-bond acceptors (Lipinski definition) is 5. The van der Waals surface area contributed by atoms with Crippen LogP contribution in [0.25, 0.3) is 0 Å². The Morgan fingerprint density at radius 1 is 1.17 bits per heavy atom. The first-order valence-electron chi connectivity index (χ1n) is 9.02. The van der Waals surface area contributed by atoms with Gasteiger partial charge in [0.25, 0.3) is 0 Å². The number of aliphatic imine (C=N–C) groups is 1. The third kappa shape index (κ3) is 8.82. The Morgan fingerprint density at radius 2 is 1.92 bits per heavy atom. The van der Waals surface area contributed by atoms with E-state index in [4.69, 9.17) is 19.2 Å². The lowest BCUT2D eigenvalue weighted by molar-refractivity contribution is -0.00683. The molecule has 7 nitrogen and oxygen atoms in total. The summed E-state index contributed by atoms with van der Waals surface area (Å²) in [4.78, 5) is 7.21. The van der Waals surface area contributed by atoms with E-state index in [9.17, 15) is 0 Å². The number of nitrogens with one attached hydrogen (secondary N) is 2. The quantitative estimate of drug-likeness (QED) is 0.327. The van der Waals surface area contributed by atoms with Gasteiger partial charge in [-0.05, 0) is 27.2 Å². The summed E-state index contributed by atoms with van der Waals surface area (Å²) in [6.45, 7) is 14.6. The number of morpholine rings is 1. The van der Waals surface area contributed by atoms with Crippen LogP contribution in [0.2, 0.25) is 0 Å². The van der Waals surface area contributed by atoms with Crippen molar-refractivity contribution in [3.8, 4) is 0 Å². The fourth-order valence-corrected chi connectivity index (χ4v) is 2.51. The van der Waals surface area contributed by atoms with E-state index < -0.39 is 0 Å². The minimum absolute atomic E-state index is 0.0371. The number of nitrogens with zero attached hydrogens (tertiary/aromatic N) is 2. The molecule has 1 aliphatic heterocycles. The van der Waals surface area contributed by atoms with Crippen LogP contribution >= 0.6 is 0 Å². The highest BCUT2D eigenvalue weighted by Crippen LogP contribution is 2.16. The molecule has 1 fully saturated rings. The summed E-state index contributed by atoms with van der Waals surface area (Å²) in [5.74, 6) is 0.871. The zero-order valence-electron chi connectivity index (χ0n) is 15.9. The molecule has 2 N–H and O–H groups in total. The second kappa shape index (κ2) is 12.5. The first-order valence-corrected chi connectivity index (χ1v) is 9.02. The van der Waals surface area contributed by atoms with Crippen LogP contribution in [0.5, 0.6) is 0 Å². The average molecular weight is 345 g/mol. The van der Waals surface area contributed by atoms with Crippen LogP contribution in [-0.4, -0.2) is 89.3 Å². The molecule has 7 heteroatoms. The Labute approximate surface area is 147 Å². The van der Waals surface area contributed by atoms with Gasteiger partial charge in [-0.2, -0.15) is 0 Å². The van der Waals surface area contributed by atoms with Crippen LogP contribution in [0.1, 0.15) is 27.2 Å². The molecule has 24 heavy (non-hydrogen) atoms. The van der Waals surface area contributed by atoms with E-state index in [0.29, 0.717) is 13.2 Å². The fraction of sp³-hybridized carbons (Fsp3) is 0.941. The summed E-state index contributed by atoms with van der Waals surface area (Å²) in [5.41, 5.74) is 0.0371. The number of ether oxygens (including phenoxy) is 3. The SMILES string of the molecule is CCNC(=NCC(C)(C)N1CCOCC1)NCCCOCCOC. The van der Waals surface area contributed by atoms with E-state index in [1.54, 1.807) is 7.11 Å². The van der Waals surface area contributed by atoms with Crippen molar-refractivity contribution in [2.24, 2.45) is 4.99 Å². The van der Waals surface area contributed by atoms with Crippen LogP contribution < -0.4 is 10.6 Å².